The molecular weight excluding hydrogens is 383 g/mol. The Morgan fingerprint density at radius 2 is 2.04 bits per heavy atom. The first-order valence-electron chi connectivity index (χ1n) is 7.98. The van der Waals surface area contributed by atoms with Crippen LogP contribution in [0.4, 0.5) is 9.52 Å². The summed E-state index contributed by atoms with van der Waals surface area (Å²) in [5.41, 5.74) is 3.59. The number of benzene rings is 1. The lowest BCUT2D eigenvalue weighted by atomic mass is 10.1. The molecule has 8 heteroatoms. The standard InChI is InChI=1S/C19H15FN4OS2/c1-11-7-12(2)22-18(15(11)8-21)26-10-17(25)24-19-23-16(9-27-19)13-3-5-14(20)6-4-13/h3-7,9H,10H2,1-2H3,(H,23,24,25). The average Bonchev–Trinajstić information content (AvgIpc) is 3.08. The van der Waals surface area contributed by atoms with Crippen molar-refractivity contribution in [2.24, 2.45) is 0 Å². The molecule has 1 N–H and O–H groups in total. The predicted molar refractivity (Wildman–Crippen MR) is 105 cm³/mol. The Kier molecular flexibility index (Phi) is 5.84. The number of anilines is 1. The van der Waals surface area contributed by atoms with Crippen molar-refractivity contribution in [3.05, 3.63) is 58.3 Å². The molecule has 3 aromatic rings. The summed E-state index contributed by atoms with van der Waals surface area (Å²) in [4.78, 5) is 20.9. The summed E-state index contributed by atoms with van der Waals surface area (Å²) in [5, 5.41) is 14.8. The number of nitriles is 1. The molecule has 2 heterocycles. The Labute approximate surface area is 164 Å². The molecule has 136 valence electrons. The Balaban J connectivity index is 1.64. The third-order valence-corrected chi connectivity index (χ3v) is 5.39. The Morgan fingerprint density at radius 3 is 2.74 bits per heavy atom. The molecule has 0 fully saturated rings. The molecule has 0 saturated heterocycles. The SMILES string of the molecule is Cc1cc(C)c(C#N)c(SCC(=O)Nc2nc(-c3ccc(F)cc3)cs2)n1. The van der Waals surface area contributed by atoms with Crippen molar-refractivity contribution in [1.29, 1.82) is 5.26 Å². The summed E-state index contributed by atoms with van der Waals surface area (Å²) in [6.07, 6.45) is 0. The van der Waals surface area contributed by atoms with Gasteiger partial charge in [0, 0.05) is 16.6 Å². The van der Waals surface area contributed by atoms with Crippen LogP contribution in [-0.2, 0) is 4.79 Å². The minimum Gasteiger partial charge on any atom is -0.301 e. The molecule has 0 aliphatic rings. The molecule has 1 aromatic carbocycles. The van der Waals surface area contributed by atoms with Crippen LogP contribution in [0.25, 0.3) is 11.3 Å². The third kappa shape index (κ3) is 4.70. The number of halogens is 1. The quantitative estimate of drug-likeness (QED) is 0.637. The lowest BCUT2D eigenvalue weighted by Gasteiger charge is -2.07. The molecule has 0 spiro atoms. The summed E-state index contributed by atoms with van der Waals surface area (Å²) in [6.45, 7) is 3.70. The first-order chi connectivity index (χ1) is 13.0. The van der Waals surface area contributed by atoms with E-state index in [-0.39, 0.29) is 17.5 Å². The molecule has 0 aliphatic carbocycles. The van der Waals surface area contributed by atoms with E-state index in [1.165, 1.54) is 35.2 Å². The normalized spacial score (nSPS) is 10.4. The van der Waals surface area contributed by atoms with E-state index in [9.17, 15) is 14.4 Å². The van der Waals surface area contributed by atoms with Crippen LogP contribution in [0, 0.1) is 31.0 Å². The van der Waals surface area contributed by atoms with E-state index in [1.807, 2.05) is 19.9 Å². The summed E-state index contributed by atoms with van der Waals surface area (Å²) in [6, 6.07) is 10.00. The summed E-state index contributed by atoms with van der Waals surface area (Å²) >= 11 is 2.52. The lowest BCUT2D eigenvalue weighted by molar-refractivity contribution is -0.113. The number of nitrogens with zero attached hydrogens (tertiary/aromatic N) is 3. The molecular formula is C19H15FN4OS2. The van der Waals surface area contributed by atoms with Gasteiger partial charge in [-0.15, -0.1) is 11.3 Å². The van der Waals surface area contributed by atoms with Gasteiger partial charge in [0.15, 0.2) is 5.13 Å². The van der Waals surface area contributed by atoms with Crippen molar-refractivity contribution >= 4 is 34.1 Å². The number of carbonyl (C=O) groups is 1. The zero-order valence-corrected chi connectivity index (χ0v) is 16.2. The minimum absolute atomic E-state index is 0.121. The smallest absolute Gasteiger partial charge is 0.236 e. The van der Waals surface area contributed by atoms with E-state index in [0.717, 1.165) is 16.8 Å². The average molecular weight is 398 g/mol. The van der Waals surface area contributed by atoms with Crippen LogP contribution < -0.4 is 5.32 Å². The van der Waals surface area contributed by atoms with Gasteiger partial charge >= 0.3 is 0 Å². The van der Waals surface area contributed by atoms with Gasteiger partial charge in [-0.1, -0.05) is 11.8 Å². The maximum atomic E-state index is 13.0. The molecule has 1 amide bonds. The predicted octanol–water partition coefficient (Wildman–Crippen LogP) is 4.56. The van der Waals surface area contributed by atoms with E-state index in [0.29, 0.717) is 21.4 Å². The van der Waals surface area contributed by atoms with Gasteiger partial charge in [-0.05, 0) is 49.7 Å². The van der Waals surface area contributed by atoms with Crippen molar-refractivity contribution in [1.82, 2.24) is 9.97 Å². The molecule has 0 radical (unpaired) electrons. The summed E-state index contributed by atoms with van der Waals surface area (Å²) < 4.78 is 13.0. The van der Waals surface area contributed by atoms with E-state index < -0.39 is 0 Å². The molecule has 5 nitrogen and oxygen atoms in total. The van der Waals surface area contributed by atoms with Crippen molar-refractivity contribution < 1.29 is 9.18 Å². The van der Waals surface area contributed by atoms with Crippen LogP contribution >= 0.6 is 23.1 Å². The molecule has 27 heavy (non-hydrogen) atoms. The van der Waals surface area contributed by atoms with Gasteiger partial charge in [-0.3, -0.25) is 4.79 Å². The van der Waals surface area contributed by atoms with Gasteiger partial charge in [0.1, 0.15) is 16.9 Å². The summed E-state index contributed by atoms with van der Waals surface area (Å²) in [5.74, 6) is -0.420. The first kappa shape index (κ1) is 19.0. The second kappa shape index (κ2) is 8.29. The molecule has 0 atom stereocenters. The number of pyridine rings is 1. The number of hydrogen-bond donors (Lipinski definition) is 1. The second-order valence-electron chi connectivity index (χ2n) is 5.75. The molecule has 2 aromatic heterocycles. The van der Waals surface area contributed by atoms with E-state index >= 15 is 0 Å². The number of nitrogens with one attached hydrogen (secondary N) is 1. The van der Waals surface area contributed by atoms with Crippen LogP contribution in [0.15, 0.2) is 40.7 Å². The van der Waals surface area contributed by atoms with Crippen molar-refractivity contribution in [3.8, 4) is 17.3 Å². The molecule has 0 saturated carbocycles. The Bertz CT molecular complexity index is 1030. The van der Waals surface area contributed by atoms with Crippen LogP contribution in [-0.4, -0.2) is 21.6 Å². The summed E-state index contributed by atoms with van der Waals surface area (Å²) in [7, 11) is 0. The number of thioether (sulfide) groups is 1. The van der Waals surface area contributed by atoms with Gasteiger partial charge in [-0.2, -0.15) is 5.26 Å². The third-order valence-electron chi connectivity index (χ3n) is 3.65. The highest BCUT2D eigenvalue weighted by molar-refractivity contribution is 8.00. The molecule has 0 aliphatic heterocycles. The maximum Gasteiger partial charge on any atom is 0.236 e. The van der Waals surface area contributed by atoms with Gasteiger partial charge in [0.05, 0.1) is 17.0 Å². The first-order valence-corrected chi connectivity index (χ1v) is 9.85. The zero-order valence-electron chi connectivity index (χ0n) is 14.6. The van der Waals surface area contributed by atoms with Crippen molar-refractivity contribution in [2.45, 2.75) is 18.9 Å². The fourth-order valence-electron chi connectivity index (χ4n) is 2.42. The Morgan fingerprint density at radius 1 is 1.30 bits per heavy atom. The van der Waals surface area contributed by atoms with Gasteiger partial charge in [0.25, 0.3) is 0 Å². The molecule has 3 rings (SSSR count). The highest BCUT2D eigenvalue weighted by Crippen LogP contribution is 2.26. The van der Waals surface area contributed by atoms with Gasteiger partial charge in [0.2, 0.25) is 5.91 Å². The highest BCUT2D eigenvalue weighted by atomic mass is 32.2. The number of aryl methyl sites for hydroxylation is 2. The van der Waals surface area contributed by atoms with Crippen LogP contribution in [0.5, 0.6) is 0 Å². The highest BCUT2D eigenvalue weighted by Gasteiger charge is 2.13. The van der Waals surface area contributed by atoms with Crippen molar-refractivity contribution in [2.75, 3.05) is 11.1 Å². The van der Waals surface area contributed by atoms with E-state index in [4.69, 9.17) is 0 Å². The molecule has 0 bridgehead atoms. The van der Waals surface area contributed by atoms with E-state index in [2.05, 4.69) is 21.4 Å². The van der Waals surface area contributed by atoms with E-state index in [1.54, 1.807) is 17.5 Å². The van der Waals surface area contributed by atoms with Crippen LogP contribution in [0.2, 0.25) is 0 Å². The lowest BCUT2D eigenvalue weighted by Crippen LogP contribution is -2.14. The number of carbonyl (C=O) groups excluding carboxylic acids is 1. The fraction of sp³-hybridized carbons (Fsp3) is 0.158. The van der Waals surface area contributed by atoms with Crippen LogP contribution in [0.1, 0.15) is 16.8 Å². The number of aromatic nitrogens is 2. The number of thiazole rings is 1. The largest absolute Gasteiger partial charge is 0.301 e. The topological polar surface area (TPSA) is 78.7 Å². The monoisotopic (exact) mass is 398 g/mol. The zero-order chi connectivity index (χ0) is 19.4. The Hall–Kier alpha value is -2.76. The van der Waals surface area contributed by atoms with Crippen LogP contribution in [0.3, 0.4) is 0 Å². The number of amides is 1. The molecule has 0 unspecified atom stereocenters. The fourth-order valence-corrected chi connectivity index (χ4v) is 4.05. The van der Waals surface area contributed by atoms with Gasteiger partial charge in [-0.25, -0.2) is 14.4 Å². The number of rotatable bonds is 5. The number of hydrogen-bond acceptors (Lipinski definition) is 6. The second-order valence-corrected chi connectivity index (χ2v) is 7.58. The maximum absolute atomic E-state index is 13.0. The minimum atomic E-state index is -0.309. The van der Waals surface area contributed by atoms with Crippen molar-refractivity contribution in [3.63, 3.8) is 0 Å². The van der Waals surface area contributed by atoms with Gasteiger partial charge < -0.3 is 5.32 Å².